The van der Waals surface area contributed by atoms with Gasteiger partial charge in [0, 0.05) is 77.5 Å². The molecule has 0 fully saturated rings. The second-order valence-electron chi connectivity index (χ2n) is 32.3. The van der Waals surface area contributed by atoms with Crippen LogP contribution in [-0.4, -0.2) is 250 Å². The number of carbonyl (C=O) groups is 8. The van der Waals surface area contributed by atoms with E-state index >= 15 is 0 Å². The summed E-state index contributed by atoms with van der Waals surface area (Å²) in [6.07, 6.45) is 8.04. The second kappa shape index (κ2) is 62.9. The molecule has 130 heavy (non-hydrogen) atoms. The van der Waals surface area contributed by atoms with Crippen molar-refractivity contribution in [3.63, 3.8) is 0 Å². The summed E-state index contributed by atoms with van der Waals surface area (Å²) in [5.41, 5.74) is 9.21. The fraction of sp³-hybridized carbons (Fsp3) is 0.451. The predicted molar refractivity (Wildman–Crippen MR) is 498 cm³/mol. The van der Waals surface area contributed by atoms with Crippen molar-refractivity contribution in [2.45, 2.75) is 166 Å². The summed E-state index contributed by atoms with van der Waals surface area (Å²) in [6, 6.07) is 63.6. The number of benzene rings is 8. The van der Waals surface area contributed by atoms with Crippen molar-refractivity contribution in [1.29, 1.82) is 0 Å². The Morgan fingerprint density at radius 3 is 0.623 bits per heavy atom. The van der Waals surface area contributed by atoms with E-state index in [9.17, 15) is 38.4 Å². The van der Waals surface area contributed by atoms with Crippen LogP contribution in [0.5, 0.6) is 46.0 Å². The van der Waals surface area contributed by atoms with E-state index in [4.69, 9.17) is 77.3 Å². The number of aryl methyl sites for hydroxylation is 8. The molecule has 0 aliphatic rings. The summed E-state index contributed by atoms with van der Waals surface area (Å²) in [7, 11) is 21.9. The Labute approximate surface area is 766 Å². The molecule has 0 saturated heterocycles. The summed E-state index contributed by atoms with van der Waals surface area (Å²) in [5.74, 6) is 1.44. The number of aliphatic carboxylic acids is 4. The van der Waals surface area contributed by atoms with Crippen LogP contribution in [0.25, 0.3) is 0 Å². The molecular formula is C102H136N4O24. The van der Waals surface area contributed by atoms with Crippen molar-refractivity contribution in [3.8, 4) is 46.0 Å². The van der Waals surface area contributed by atoms with Gasteiger partial charge in [-0.15, -0.1) is 0 Å². The van der Waals surface area contributed by atoms with Gasteiger partial charge in [0.2, 0.25) is 0 Å². The van der Waals surface area contributed by atoms with Crippen LogP contribution in [-0.2, 0) is 109 Å². The highest BCUT2D eigenvalue weighted by Gasteiger charge is 2.24. The number of hydrogen-bond donors (Lipinski definition) is 4. The topological polar surface area (TPSA) is 341 Å². The van der Waals surface area contributed by atoms with Crippen LogP contribution in [0, 0.1) is 0 Å². The number of ether oxygens (including phenoxy) is 12. The van der Waals surface area contributed by atoms with E-state index in [0.717, 1.165) is 120 Å². The SMILES string of the molecule is COc1ccc(CCc2ccccc2OCC(CN(C)C)OC(=O)CCCCC(=O)O)cc1.COc1ccc(CCc2ccccc2OC[C@@H](CN(C)C)OC(=O)CCCC(=O)O)cc1.COc1ccc(CCc2ccccc2OC[C@@H](CN(C)C)OC(=O)CCCCC(=O)O)cc1.COc1ccc(CCc2ccccc2OC[C@H](CN(C)C)OC(=O)CCCC(=O)O)cc1. The molecule has 0 aromatic heterocycles. The first kappa shape index (κ1) is 108. The monoisotopic (exact) mass is 1800 g/mol. The van der Waals surface area contributed by atoms with Gasteiger partial charge in [0.05, 0.1) is 28.4 Å². The number of nitrogens with zero attached hydrogens (tertiary/aromatic N) is 4. The maximum atomic E-state index is 12.2. The van der Waals surface area contributed by atoms with Crippen molar-refractivity contribution in [2.24, 2.45) is 0 Å². The summed E-state index contributed by atoms with van der Waals surface area (Å²) in [6.45, 7) is 3.04. The van der Waals surface area contributed by atoms with Crippen LogP contribution in [0.15, 0.2) is 194 Å². The smallest absolute Gasteiger partial charge is 0.306 e. The molecule has 8 aromatic rings. The van der Waals surface area contributed by atoms with Crippen molar-refractivity contribution < 1.29 is 116 Å². The van der Waals surface area contributed by atoms with Gasteiger partial charge < -0.3 is 96.9 Å². The molecule has 0 aliphatic heterocycles. The highest BCUT2D eigenvalue weighted by atomic mass is 16.6. The molecule has 0 saturated carbocycles. The molecule has 0 amide bonds. The average Bonchev–Trinajstić information content (AvgIpc) is 0.875. The minimum atomic E-state index is -0.919. The van der Waals surface area contributed by atoms with E-state index in [1.54, 1.807) is 28.4 Å². The Hall–Kier alpha value is -12.2. The van der Waals surface area contributed by atoms with Crippen LogP contribution in [0.2, 0.25) is 0 Å². The van der Waals surface area contributed by atoms with Crippen molar-refractivity contribution in [2.75, 3.05) is 137 Å². The van der Waals surface area contributed by atoms with E-state index < -0.39 is 60.2 Å². The van der Waals surface area contributed by atoms with Gasteiger partial charge in [0.1, 0.15) is 96.8 Å². The molecule has 28 heteroatoms. The van der Waals surface area contributed by atoms with E-state index in [1.807, 2.05) is 222 Å². The molecule has 0 aliphatic carbocycles. The minimum absolute atomic E-state index is 0.0501. The molecule has 8 aromatic carbocycles. The summed E-state index contributed by atoms with van der Waals surface area (Å²) < 4.78 is 67.4. The van der Waals surface area contributed by atoms with Gasteiger partial charge in [-0.25, -0.2) is 0 Å². The van der Waals surface area contributed by atoms with E-state index in [0.29, 0.717) is 51.9 Å². The zero-order valence-corrected chi connectivity index (χ0v) is 77.7. The van der Waals surface area contributed by atoms with Crippen molar-refractivity contribution in [1.82, 2.24) is 19.6 Å². The number of carbonyl (C=O) groups excluding carboxylic acids is 4. The Kier molecular flexibility index (Phi) is 52.4. The van der Waals surface area contributed by atoms with Gasteiger partial charge in [-0.05, 0) is 264 Å². The molecule has 0 spiro atoms. The number of likely N-dealkylation sites (N-methyl/N-ethyl adjacent to an activating group) is 4. The molecule has 1 unspecified atom stereocenters. The molecule has 28 nitrogen and oxygen atoms in total. The van der Waals surface area contributed by atoms with Crippen LogP contribution in [0.4, 0.5) is 0 Å². The number of methoxy groups -OCH3 is 4. The molecule has 4 atom stereocenters. The normalized spacial score (nSPS) is 11.8. The third-order valence-corrected chi connectivity index (χ3v) is 20.0. The van der Waals surface area contributed by atoms with Crippen LogP contribution >= 0.6 is 0 Å². The maximum absolute atomic E-state index is 12.2. The van der Waals surface area contributed by atoms with Crippen LogP contribution in [0.3, 0.4) is 0 Å². The van der Waals surface area contributed by atoms with E-state index in [2.05, 4.69) is 48.5 Å². The Morgan fingerprint density at radius 1 is 0.246 bits per heavy atom. The van der Waals surface area contributed by atoms with Gasteiger partial charge in [-0.3, -0.25) is 38.4 Å². The molecule has 4 N–H and O–H groups in total. The first-order chi connectivity index (χ1) is 62.5. The Bertz CT molecular complexity index is 4290. The molecule has 708 valence electrons. The highest BCUT2D eigenvalue weighted by Crippen LogP contribution is 2.28. The van der Waals surface area contributed by atoms with E-state index in [1.165, 1.54) is 22.3 Å². The van der Waals surface area contributed by atoms with Crippen LogP contribution < -0.4 is 37.9 Å². The van der Waals surface area contributed by atoms with Crippen molar-refractivity contribution in [3.05, 3.63) is 239 Å². The lowest BCUT2D eigenvalue weighted by Gasteiger charge is -2.22. The van der Waals surface area contributed by atoms with Gasteiger partial charge in [-0.2, -0.15) is 0 Å². The number of esters is 4. The molecule has 0 radical (unpaired) electrons. The number of carboxylic acid groups (broad SMARTS) is 4. The van der Waals surface area contributed by atoms with E-state index in [-0.39, 0.29) is 103 Å². The number of carboxylic acids is 4. The van der Waals surface area contributed by atoms with Crippen LogP contribution in [0.1, 0.15) is 134 Å². The fourth-order valence-corrected chi connectivity index (χ4v) is 13.4. The average molecular weight is 1800 g/mol. The molecular weight excluding hydrogens is 1670 g/mol. The van der Waals surface area contributed by atoms with Crippen molar-refractivity contribution >= 4 is 47.8 Å². The number of rotatable bonds is 58. The predicted octanol–water partition coefficient (Wildman–Crippen LogP) is 15.1. The quantitative estimate of drug-likeness (QED) is 0.0156. The van der Waals surface area contributed by atoms with Gasteiger partial charge in [0.15, 0.2) is 0 Å². The third kappa shape index (κ3) is 48.2. The largest absolute Gasteiger partial charge is 0.497 e. The summed E-state index contributed by atoms with van der Waals surface area (Å²) in [4.78, 5) is 98.8. The Balaban J connectivity index is 0.000000307. The van der Waals surface area contributed by atoms with Gasteiger partial charge >= 0.3 is 47.8 Å². The standard InChI is InChI=1S/2C26H35NO6.2C25H33NO6/c2*1-27(2)18-23(33-26(30)11-7-6-10-25(28)29)19-32-24-9-5-4-8-21(24)15-12-20-13-16-22(31-3)17-14-20;2*1-26(2)17-22(32-25(29)10-6-9-24(27)28)18-31-23-8-5-4-7-20(23)14-11-19-12-15-21(30-3)16-13-19/h2*4-5,8-9,13-14,16-17,23H,6-7,10-12,15,18-19H2,1-3H3,(H,28,29);2*4-5,7-8,12-13,15-16,22H,6,9-11,14,17-18H2,1-3H3,(H,27,28)/t23-;;2*22-/m1.10/s1. The third-order valence-electron chi connectivity index (χ3n) is 20.0. The van der Waals surface area contributed by atoms with Gasteiger partial charge in [-0.1, -0.05) is 121 Å². The fourth-order valence-electron chi connectivity index (χ4n) is 13.4. The lowest BCUT2D eigenvalue weighted by molar-refractivity contribution is -0.152. The number of unbranched alkanes of at least 4 members (excludes halogenated alkanes) is 2. The molecule has 8 rings (SSSR count). The Morgan fingerprint density at radius 2 is 0.431 bits per heavy atom. The first-order valence-electron chi connectivity index (χ1n) is 44.1. The zero-order valence-electron chi connectivity index (χ0n) is 77.7. The summed E-state index contributed by atoms with van der Waals surface area (Å²) >= 11 is 0. The maximum Gasteiger partial charge on any atom is 0.306 e. The lowest BCUT2D eigenvalue weighted by atomic mass is 10.0. The highest BCUT2D eigenvalue weighted by molar-refractivity contribution is 5.73. The lowest BCUT2D eigenvalue weighted by Crippen LogP contribution is -2.35. The number of para-hydroxylation sites is 4. The molecule has 0 heterocycles. The number of hydrogen-bond acceptors (Lipinski definition) is 24. The van der Waals surface area contributed by atoms with Gasteiger partial charge in [0.25, 0.3) is 0 Å². The molecule has 0 bridgehead atoms. The minimum Gasteiger partial charge on any atom is -0.497 e. The summed E-state index contributed by atoms with van der Waals surface area (Å²) in [5, 5.41) is 34.8. The first-order valence-corrected chi connectivity index (χ1v) is 44.1. The zero-order chi connectivity index (χ0) is 94.8. The second-order valence-corrected chi connectivity index (χ2v) is 32.3.